The Morgan fingerprint density at radius 2 is 2.38 bits per heavy atom. The van der Waals surface area contributed by atoms with Crippen LogP contribution in [-0.2, 0) is 4.79 Å². The number of benzene rings is 1. The number of aldehydes is 1. The molecule has 86 valence electrons. The molecular weight excluding hydrogens is 208 g/mol. The van der Waals surface area contributed by atoms with E-state index in [9.17, 15) is 9.59 Å². The van der Waals surface area contributed by atoms with Crippen LogP contribution >= 0.6 is 0 Å². The molecule has 0 radical (unpaired) electrons. The zero-order valence-corrected chi connectivity index (χ0v) is 8.97. The van der Waals surface area contributed by atoms with E-state index < -0.39 is 6.10 Å². The molecule has 0 heterocycles. The minimum atomic E-state index is -0.646. The number of rotatable bonds is 5. The van der Waals surface area contributed by atoms with Gasteiger partial charge in [-0.15, -0.1) is 0 Å². The Hall–Kier alpha value is -1.88. The van der Waals surface area contributed by atoms with E-state index in [1.54, 1.807) is 24.3 Å². The quantitative estimate of drug-likeness (QED) is 0.331. The average molecular weight is 222 g/mol. The lowest BCUT2D eigenvalue weighted by Gasteiger charge is -2.15. The summed E-state index contributed by atoms with van der Waals surface area (Å²) in [6.45, 7) is 1.81. The molecule has 0 bridgehead atoms. The molecule has 0 spiro atoms. The summed E-state index contributed by atoms with van der Waals surface area (Å²) in [4.78, 5) is 21.8. The molecule has 1 unspecified atom stereocenters. The topological polar surface area (TPSA) is 81.4 Å². The summed E-state index contributed by atoms with van der Waals surface area (Å²) in [7, 11) is 0. The van der Waals surface area contributed by atoms with E-state index in [4.69, 9.17) is 10.6 Å². The second-order valence-corrected chi connectivity index (χ2v) is 3.21. The first kappa shape index (κ1) is 12.2. The van der Waals surface area contributed by atoms with Crippen molar-refractivity contribution in [2.75, 3.05) is 0 Å². The fourth-order valence-corrected chi connectivity index (χ4v) is 1.24. The van der Waals surface area contributed by atoms with Gasteiger partial charge in [-0.3, -0.25) is 15.0 Å². The van der Waals surface area contributed by atoms with Crippen molar-refractivity contribution < 1.29 is 14.3 Å². The van der Waals surface area contributed by atoms with E-state index >= 15 is 0 Å². The third kappa shape index (κ3) is 3.06. The first-order valence-electron chi connectivity index (χ1n) is 4.93. The number of carbonyl (C=O) groups is 2. The van der Waals surface area contributed by atoms with Crippen LogP contribution in [0.15, 0.2) is 24.3 Å². The van der Waals surface area contributed by atoms with Crippen molar-refractivity contribution in [3.63, 3.8) is 0 Å². The second-order valence-electron chi connectivity index (χ2n) is 3.21. The van der Waals surface area contributed by atoms with Crippen LogP contribution in [0.3, 0.4) is 0 Å². The molecule has 0 saturated heterocycles. The monoisotopic (exact) mass is 222 g/mol. The highest BCUT2D eigenvalue weighted by molar-refractivity contribution is 5.80. The van der Waals surface area contributed by atoms with Crippen molar-refractivity contribution in [3.8, 4) is 5.75 Å². The summed E-state index contributed by atoms with van der Waals surface area (Å²) in [5.41, 5.74) is 2.53. The van der Waals surface area contributed by atoms with E-state index in [1.165, 1.54) is 0 Å². The number of nitrogens with two attached hydrogens (primary N) is 1. The zero-order valence-electron chi connectivity index (χ0n) is 8.97. The van der Waals surface area contributed by atoms with E-state index in [-0.39, 0.29) is 5.91 Å². The molecular formula is C11H14N2O3. The fraction of sp³-hybridized carbons (Fsp3) is 0.273. The molecule has 0 fully saturated rings. The van der Waals surface area contributed by atoms with Crippen LogP contribution in [0.25, 0.3) is 0 Å². The Labute approximate surface area is 93.6 Å². The number of nitrogens with one attached hydrogen (secondary N) is 1. The van der Waals surface area contributed by atoms with Gasteiger partial charge in [-0.25, -0.2) is 5.84 Å². The smallest absolute Gasteiger partial charge is 0.274 e. The van der Waals surface area contributed by atoms with Crippen molar-refractivity contribution in [2.45, 2.75) is 19.4 Å². The molecule has 0 aliphatic carbocycles. The van der Waals surface area contributed by atoms with Crippen LogP contribution in [-0.4, -0.2) is 18.3 Å². The summed E-state index contributed by atoms with van der Waals surface area (Å²) in [6.07, 6.45) is 0.567. The fourth-order valence-electron chi connectivity index (χ4n) is 1.24. The third-order valence-corrected chi connectivity index (χ3v) is 2.08. The van der Waals surface area contributed by atoms with Gasteiger partial charge in [-0.2, -0.15) is 0 Å². The molecule has 1 rings (SSSR count). The van der Waals surface area contributed by atoms with Crippen molar-refractivity contribution in [2.24, 2.45) is 5.84 Å². The number of hydrazine groups is 1. The SMILES string of the molecule is CCC(Oc1cccc(C=O)c1)C(=O)NN. The third-order valence-electron chi connectivity index (χ3n) is 2.08. The number of amides is 1. The molecule has 3 N–H and O–H groups in total. The molecule has 0 aliphatic heterocycles. The van der Waals surface area contributed by atoms with Gasteiger partial charge in [-0.05, 0) is 18.6 Å². The number of hydrogen-bond donors (Lipinski definition) is 2. The maximum atomic E-state index is 11.3. The van der Waals surface area contributed by atoms with Gasteiger partial charge in [0.25, 0.3) is 5.91 Å². The van der Waals surface area contributed by atoms with E-state index in [0.717, 1.165) is 6.29 Å². The summed E-state index contributed by atoms with van der Waals surface area (Å²) in [5, 5.41) is 0. The van der Waals surface area contributed by atoms with Crippen molar-refractivity contribution in [3.05, 3.63) is 29.8 Å². The summed E-state index contributed by atoms with van der Waals surface area (Å²) < 4.78 is 5.41. The van der Waals surface area contributed by atoms with Gasteiger partial charge in [0.05, 0.1) is 0 Å². The normalized spacial score (nSPS) is 11.6. The lowest BCUT2D eigenvalue weighted by molar-refractivity contribution is -0.128. The summed E-state index contributed by atoms with van der Waals surface area (Å²) in [5.74, 6) is 5.10. The molecule has 0 aromatic heterocycles. The highest BCUT2D eigenvalue weighted by atomic mass is 16.5. The lowest BCUT2D eigenvalue weighted by atomic mass is 10.2. The second kappa shape index (κ2) is 5.87. The average Bonchev–Trinajstić information content (AvgIpc) is 2.35. The molecule has 5 heteroatoms. The van der Waals surface area contributed by atoms with Gasteiger partial charge in [-0.1, -0.05) is 19.1 Å². The molecule has 5 nitrogen and oxygen atoms in total. The van der Waals surface area contributed by atoms with Crippen LogP contribution in [0, 0.1) is 0 Å². The maximum absolute atomic E-state index is 11.3. The van der Waals surface area contributed by atoms with Gasteiger partial charge in [0, 0.05) is 5.56 Å². The maximum Gasteiger partial charge on any atom is 0.274 e. The summed E-state index contributed by atoms with van der Waals surface area (Å²) >= 11 is 0. The van der Waals surface area contributed by atoms with Crippen molar-refractivity contribution in [1.82, 2.24) is 5.43 Å². The Balaban J connectivity index is 2.77. The Bertz CT molecular complexity index is 379. The first-order chi connectivity index (χ1) is 7.71. The van der Waals surface area contributed by atoms with Gasteiger partial charge in [0.2, 0.25) is 0 Å². The van der Waals surface area contributed by atoms with Crippen LogP contribution in [0.1, 0.15) is 23.7 Å². The zero-order chi connectivity index (χ0) is 12.0. The van der Waals surface area contributed by atoms with Gasteiger partial charge in [0.1, 0.15) is 12.0 Å². The molecule has 0 saturated carbocycles. The van der Waals surface area contributed by atoms with Crippen LogP contribution in [0.4, 0.5) is 0 Å². The van der Waals surface area contributed by atoms with Gasteiger partial charge in [0.15, 0.2) is 6.10 Å². The lowest BCUT2D eigenvalue weighted by Crippen LogP contribution is -2.41. The predicted molar refractivity (Wildman–Crippen MR) is 58.9 cm³/mol. The van der Waals surface area contributed by atoms with E-state index in [1.807, 2.05) is 12.3 Å². The van der Waals surface area contributed by atoms with Crippen molar-refractivity contribution >= 4 is 12.2 Å². The van der Waals surface area contributed by atoms with E-state index in [0.29, 0.717) is 17.7 Å². The standard InChI is InChI=1S/C11H14N2O3/c1-2-10(11(15)13-12)16-9-5-3-4-8(6-9)7-14/h3-7,10H,2,12H2,1H3,(H,13,15). The minimum absolute atomic E-state index is 0.390. The molecule has 1 aromatic carbocycles. The first-order valence-corrected chi connectivity index (χ1v) is 4.93. The van der Waals surface area contributed by atoms with Crippen LogP contribution in [0.5, 0.6) is 5.75 Å². The number of carbonyl (C=O) groups excluding carboxylic acids is 2. The summed E-state index contributed by atoms with van der Waals surface area (Å²) in [6, 6.07) is 6.59. The highest BCUT2D eigenvalue weighted by Gasteiger charge is 2.16. The van der Waals surface area contributed by atoms with Crippen LogP contribution < -0.4 is 16.0 Å². The Kier molecular flexibility index (Phi) is 4.47. The molecule has 1 amide bonds. The van der Waals surface area contributed by atoms with Crippen molar-refractivity contribution in [1.29, 1.82) is 0 Å². The van der Waals surface area contributed by atoms with Gasteiger partial charge >= 0.3 is 0 Å². The van der Waals surface area contributed by atoms with Crippen LogP contribution in [0.2, 0.25) is 0 Å². The number of ether oxygens (including phenoxy) is 1. The minimum Gasteiger partial charge on any atom is -0.481 e. The Morgan fingerprint density at radius 3 is 2.94 bits per heavy atom. The highest BCUT2D eigenvalue weighted by Crippen LogP contribution is 2.15. The van der Waals surface area contributed by atoms with E-state index in [2.05, 4.69) is 0 Å². The molecule has 1 atom stereocenters. The largest absolute Gasteiger partial charge is 0.481 e. The van der Waals surface area contributed by atoms with Gasteiger partial charge < -0.3 is 4.74 Å². The molecule has 0 aliphatic rings. The predicted octanol–water partition coefficient (Wildman–Crippen LogP) is 0.646. The molecule has 16 heavy (non-hydrogen) atoms. The Morgan fingerprint density at radius 1 is 1.62 bits per heavy atom. The molecule has 1 aromatic rings. The number of hydrogen-bond acceptors (Lipinski definition) is 4.